The number of hydrogen-bond acceptors (Lipinski definition) is 5. The Morgan fingerprint density at radius 2 is 2.06 bits per heavy atom. The summed E-state index contributed by atoms with van der Waals surface area (Å²) in [6.45, 7) is 1.46. The number of amides is 2. The number of halogens is 4. The second-order valence-electron chi connectivity index (χ2n) is 7.99. The molecule has 1 aliphatic rings. The second-order valence-corrected chi connectivity index (χ2v) is 7.99. The maximum Gasteiger partial charge on any atom is 0.267 e. The first-order valence-corrected chi connectivity index (χ1v) is 10.3. The lowest BCUT2D eigenvalue weighted by molar-refractivity contribution is -0.117. The monoisotopic (exact) mass is 475 g/mol. The van der Waals surface area contributed by atoms with E-state index in [1.54, 1.807) is 0 Å². The number of alkyl halides is 3. The highest BCUT2D eigenvalue weighted by molar-refractivity contribution is 5.98. The van der Waals surface area contributed by atoms with Gasteiger partial charge < -0.3 is 15.0 Å². The highest BCUT2D eigenvalue weighted by Gasteiger charge is 2.43. The van der Waals surface area contributed by atoms with E-state index in [4.69, 9.17) is 0 Å². The minimum atomic E-state index is -3.20. The summed E-state index contributed by atoms with van der Waals surface area (Å²) in [5.41, 5.74) is -0.765. The van der Waals surface area contributed by atoms with E-state index in [0.717, 1.165) is 0 Å². The van der Waals surface area contributed by atoms with Crippen LogP contribution in [0.25, 0.3) is 27.8 Å². The Morgan fingerprint density at radius 3 is 2.74 bits per heavy atom. The molecule has 4 aromatic rings. The molecule has 1 fully saturated rings. The Morgan fingerprint density at radius 1 is 1.29 bits per heavy atom. The second kappa shape index (κ2) is 8.08. The number of hydrogen-bond donors (Lipinski definition) is 3. The van der Waals surface area contributed by atoms with Crippen molar-refractivity contribution in [1.29, 1.82) is 0 Å². The molecule has 3 atom stereocenters. The molecule has 0 aliphatic heterocycles. The van der Waals surface area contributed by atoms with Crippen molar-refractivity contribution in [3.63, 3.8) is 0 Å². The van der Waals surface area contributed by atoms with Crippen LogP contribution < -0.4 is 10.6 Å². The van der Waals surface area contributed by atoms with Gasteiger partial charge in [0.2, 0.25) is 12.3 Å². The number of H-pyrrole nitrogens is 1. The number of aromatic amines is 1. The summed E-state index contributed by atoms with van der Waals surface area (Å²) in [4.78, 5) is 31.2. The molecule has 2 amide bonds. The van der Waals surface area contributed by atoms with Crippen molar-refractivity contribution in [2.24, 2.45) is 5.92 Å². The molecule has 3 N–H and O–H groups in total. The summed E-state index contributed by atoms with van der Waals surface area (Å²) in [5, 5.41) is 11.6. The SMILES string of the molecule is CC(NC=O)c1c(F)c(C(F)F)c(-c2cn3cc(NC(=O)[C@@H]4C[C@@H]4F)nc3cn2)c2cn[nH]c12. The normalized spacial score (nSPS) is 18.4. The van der Waals surface area contributed by atoms with Gasteiger partial charge in [0.25, 0.3) is 6.43 Å². The van der Waals surface area contributed by atoms with Crippen LogP contribution in [0.4, 0.5) is 23.4 Å². The minimum absolute atomic E-state index is 0.0111. The van der Waals surface area contributed by atoms with Gasteiger partial charge >= 0.3 is 0 Å². The van der Waals surface area contributed by atoms with Gasteiger partial charge in [0, 0.05) is 22.7 Å². The van der Waals surface area contributed by atoms with E-state index in [1.165, 1.54) is 36.1 Å². The number of nitrogens with one attached hydrogen (secondary N) is 3. The van der Waals surface area contributed by atoms with Crippen LogP contribution in [0.5, 0.6) is 0 Å². The quantitative estimate of drug-likeness (QED) is 0.280. The number of aromatic nitrogens is 5. The molecule has 13 heteroatoms. The predicted molar refractivity (Wildman–Crippen MR) is 112 cm³/mol. The van der Waals surface area contributed by atoms with E-state index >= 15 is 4.39 Å². The Labute approximate surface area is 188 Å². The maximum atomic E-state index is 15.4. The van der Waals surface area contributed by atoms with E-state index in [0.29, 0.717) is 6.41 Å². The Kier molecular flexibility index (Phi) is 5.18. The molecule has 9 nitrogen and oxygen atoms in total. The minimum Gasteiger partial charge on any atom is -0.352 e. The first kappa shape index (κ1) is 21.8. The zero-order valence-electron chi connectivity index (χ0n) is 17.5. The average molecular weight is 475 g/mol. The molecule has 5 rings (SSSR count). The van der Waals surface area contributed by atoms with Gasteiger partial charge in [-0.2, -0.15) is 5.10 Å². The van der Waals surface area contributed by atoms with Gasteiger partial charge in [-0.15, -0.1) is 0 Å². The highest BCUT2D eigenvalue weighted by atomic mass is 19.3. The van der Waals surface area contributed by atoms with Crippen LogP contribution in [-0.2, 0) is 9.59 Å². The fourth-order valence-corrected chi connectivity index (χ4v) is 4.01. The first-order chi connectivity index (χ1) is 16.3. The number of imidazole rings is 1. The highest BCUT2D eigenvalue weighted by Crippen LogP contribution is 2.41. The van der Waals surface area contributed by atoms with E-state index < -0.39 is 41.8 Å². The standard InChI is InChI=1S/C21H17F4N7O2/c1-8(27-7-33)15-18(23)17(20(24)25)16(10-3-28-31-19(10)15)12-5-32-6-13(29-14(32)4-26-12)30-21(34)9-2-11(9)22/h3-9,11,20H,2H2,1H3,(H,27,33)(H,28,31)(H,30,34)/t8?,9-,11+/m1/s1. The van der Waals surface area contributed by atoms with Crippen molar-refractivity contribution in [3.8, 4) is 11.3 Å². The summed E-state index contributed by atoms with van der Waals surface area (Å²) in [5.74, 6) is -2.26. The number of rotatable bonds is 7. The van der Waals surface area contributed by atoms with Gasteiger partial charge in [-0.05, 0) is 13.3 Å². The number of nitrogens with zero attached hydrogens (tertiary/aromatic N) is 4. The van der Waals surface area contributed by atoms with Crippen molar-refractivity contribution >= 4 is 34.7 Å². The summed E-state index contributed by atoms with van der Waals surface area (Å²) in [6, 6.07) is -0.905. The Hall–Kier alpha value is -4.03. The first-order valence-electron chi connectivity index (χ1n) is 10.3. The third kappa shape index (κ3) is 3.53. The number of carbonyl (C=O) groups is 2. The molecule has 176 valence electrons. The Bertz CT molecular complexity index is 1430. The third-order valence-electron chi connectivity index (χ3n) is 5.79. The van der Waals surface area contributed by atoms with Crippen molar-refractivity contribution in [3.05, 3.63) is 41.7 Å². The van der Waals surface area contributed by atoms with E-state index in [1.807, 2.05) is 0 Å². The average Bonchev–Trinajstić information content (AvgIpc) is 3.16. The van der Waals surface area contributed by atoms with Crippen LogP contribution in [0.3, 0.4) is 0 Å². The maximum absolute atomic E-state index is 15.4. The molecular formula is C21H17F4N7O2. The molecule has 1 unspecified atom stereocenters. The molecule has 0 spiro atoms. The summed E-state index contributed by atoms with van der Waals surface area (Å²) >= 11 is 0. The lowest BCUT2D eigenvalue weighted by Gasteiger charge is -2.19. The molecule has 1 aliphatic carbocycles. The molecule has 1 aromatic carbocycles. The van der Waals surface area contributed by atoms with Crippen LogP contribution in [0.2, 0.25) is 0 Å². The smallest absolute Gasteiger partial charge is 0.267 e. The number of anilines is 1. The molecular weight excluding hydrogens is 458 g/mol. The van der Waals surface area contributed by atoms with Crippen LogP contribution in [0.15, 0.2) is 24.8 Å². The van der Waals surface area contributed by atoms with Gasteiger partial charge in [0.1, 0.15) is 12.0 Å². The largest absolute Gasteiger partial charge is 0.352 e. The molecule has 0 bridgehead atoms. The lowest BCUT2D eigenvalue weighted by atomic mass is 9.93. The van der Waals surface area contributed by atoms with Gasteiger partial charge in [0.05, 0.1) is 47.3 Å². The third-order valence-corrected chi connectivity index (χ3v) is 5.79. The van der Waals surface area contributed by atoms with Crippen molar-refractivity contribution < 1.29 is 27.2 Å². The molecule has 3 aromatic heterocycles. The van der Waals surface area contributed by atoms with Gasteiger partial charge in [0.15, 0.2) is 11.5 Å². The summed E-state index contributed by atoms with van der Waals surface area (Å²) < 4.78 is 58.2. The van der Waals surface area contributed by atoms with Gasteiger partial charge in [-0.1, -0.05) is 0 Å². The molecule has 0 saturated heterocycles. The fraction of sp³-hybridized carbons (Fsp3) is 0.286. The van der Waals surface area contributed by atoms with Crippen LogP contribution in [-0.4, -0.2) is 43.1 Å². The molecule has 0 radical (unpaired) electrons. The lowest BCUT2D eigenvalue weighted by Crippen LogP contribution is -2.19. The Balaban J connectivity index is 1.63. The number of carbonyl (C=O) groups excluding carboxylic acids is 2. The van der Waals surface area contributed by atoms with Crippen LogP contribution in [0.1, 0.15) is 36.9 Å². The van der Waals surface area contributed by atoms with Crippen LogP contribution >= 0.6 is 0 Å². The molecule has 3 heterocycles. The zero-order chi connectivity index (χ0) is 24.1. The van der Waals surface area contributed by atoms with Crippen molar-refractivity contribution in [2.75, 3.05) is 5.32 Å². The topological polar surface area (TPSA) is 117 Å². The number of fused-ring (bicyclic) bond motifs is 2. The van der Waals surface area contributed by atoms with Gasteiger partial charge in [-0.3, -0.25) is 19.7 Å². The van der Waals surface area contributed by atoms with Crippen LogP contribution in [0, 0.1) is 11.7 Å². The van der Waals surface area contributed by atoms with Gasteiger partial charge in [-0.25, -0.2) is 22.5 Å². The predicted octanol–water partition coefficient (Wildman–Crippen LogP) is 3.45. The zero-order valence-corrected chi connectivity index (χ0v) is 17.5. The summed E-state index contributed by atoms with van der Waals surface area (Å²) in [7, 11) is 0. The van der Waals surface area contributed by atoms with E-state index in [-0.39, 0.29) is 45.6 Å². The van der Waals surface area contributed by atoms with Crippen molar-refractivity contribution in [2.45, 2.75) is 32.0 Å². The summed E-state index contributed by atoms with van der Waals surface area (Å²) in [6.07, 6.45) is 1.49. The van der Waals surface area contributed by atoms with E-state index in [9.17, 15) is 22.8 Å². The molecule has 1 saturated carbocycles. The van der Waals surface area contributed by atoms with E-state index in [2.05, 4.69) is 30.8 Å². The van der Waals surface area contributed by atoms with Crippen molar-refractivity contribution in [1.82, 2.24) is 29.9 Å². The number of benzene rings is 1. The fourth-order valence-electron chi connectivity index (χ4n) is 4.01. The molecule has 34 heavy (non-hydrogen) atoms.